The van der Waals surface area contributed by atoms with E-state index in [2.05, 4.69) is 5.32 Å². The number of ketones is 1. The fourth-order valence-corrected chi connectivity index (χ4v) is 0.749. The van der Waals surface area contributed by atoms with E-state index in [1.807, 2.05) is 0 Å². The second-order valence-corrected chi connectivity index (χ2v) is 2.80. The maximum atomic E-state index is 10.9. The second-order valence-electron chi connectivity index (χ2n) is 2.80. The average Bonchev–Trinajstić information content (AvgIpc) is 2.87. The predicted octanol–water partition coefficient (Wildman–Crippen LogP) is -2.10. The Morgan fingerprint density at radius 2 is 2.08 bits per heavy atom. The van der Waals surface area contributed by atoms with E-state index in [9.17, 15) is 14.4 Å². The minimum atomic E-state index is -1.74. The molecule has 0 aromatic carbocycles. The number of hydrogen-bond acceptors (Lipinski definition) is 4. The minimum Gasteiger partial charge on any atom is -0.367 e. The van der Waals surface area contributed by atoms with Crippen LogP contribution in [-0.2, 0) is 14.4 Å². The summed E-state index contributed by atoms with van der Waals surface area (Å²) in [5, 5.41) is 13.0. The lowest BCUT2D eigenvalue weighted by Crippen LogP contribution is -2.45. The highest BCUT2D eigenvalue weighted by Crippen LogP contribution is 2.18. The van der Waals surface area contributed by atoms with E-state index < -0.39 is 17.9 Å². The smallest absolute Gasteiger partial charge is 0.292 e. The Bertz CT molecular complexity index is 237. The van der Waals surface area contributed by atoms with Crippen LogP contribution < -0.4 is 10.6 Å². The highest BCUT2D eigenvalue weighted by atomic mass is 16.3. The number of amides is 2. The molecule has 0 heterocycles. The molecule has 6 nitrogen and oxygen atoms in total. The predicted molar refractivity (Wildman–Crippen MR) is 41.4 cm³/mol. The van der Waals surface area contributed by atoms with Gasteiger partial charge in [-0.05, 0) is 12.8 Å². The summed E-state index contributed by atoms with van der Waals surface area (Å²) in [5.41, 5.74) is 0. The van der Waals surface area contributed by atoms with Gasteiger partial charge in [-0.1, -0.05) is 0 Å². The molecule has 1 saturated carbocycles. The van der Waals surface area contributed by atoms with Gasteiger partial charge < -0.3 is 15.7 Å². The monoisotopic (exact) mass is 186 g/mol. The molecule has 1 rings (SSSR count). The van der Waals surface area contributed by atoms with Crippen molar-refractivity contribution in [3.8, 4) is 0 Å². The highest BCUT2D eigenvalue weighted by Gasteiger charge is 2.29. The molecule has 13 heavy (non-hydrogen) atoms. The standard InChI is InChI=1S/C7H10N2O4/c10-3-8-6(12)5(11)7(13)9-4-1-2-4/h3-4,6,12H,1-2H2,(H,8,10)(H,9,13). The van der Waals surface area contributed by atoms with Gasteiger partial charge in [0.15, 0.2) is 6.23 Å². The van der Waals surface area contributed by atoms with Crippen molar-refractivity contribution in [1.82, 2.24) is 10.6 Å². The molecule has 1 aliphatic rings. The number of carbonyl (C=O) groups is 3. The molecular weight excluding hydrogens is 176 g/mol. The number of nitrogens with one attached hydrogen (secondary N) is 2. The van der Waals surface area contributed by atoms with Crippen LogP contribution in [0.5, 0.6) is 0 Å². The van der Waals surface area contributed by atoms with Crippen molar-refractivity contribution in [1.29, 1.82) is 0 Å². The molecule has 0 aromatic rings. The van der Waals surface area contributed by atoms with Crippen molar-refractivity contribution in [2.45, 2.75) is 25.1 Å². The molecule has 2 amide bonds. The summed E-state index contributed by atoms with van der Waals surface area (Å²) in [6.45, 7) is 0. The minimum absolute atomic E-state index is 0.0554. The SMILES string of the molecule is O=CNC(O)C(=O)C(=O)NC1CC1. The fourth-order valence-electron chi connectivity index (χ4n) is 0.749. The molecule has 3 N–H and O–H groups in total. The van der Waals surface area contributed by atoms with Crippen LogP contribution in [0.4, 0.5) is 0 Å². The number of rotatable bonds is 5. The maximum absolute atomic E-state index is 10.9. The molecule has 0 spiro atoms. The Labute approximate surface area is 74.3 Å². The first kappa shape index (κ1) is 9.66. The molecule has 0 aliphatic heterocycles. The van der Waals surface area contributed by atoms with Crippen LogP contribution in [0, 0.1) is 0 Å². The molecule has 6 heteroatoms. The van der Waals surface area contributed by atoms with Crippen LogP contribution in [-0.4, -0.2) is 35.5 Å². The van der Waals surface area contributed by atoms with Gasteiger partial charge in [0, 0.05) is 6.04 Å². The number of hydrogen-bond donors (Lipinski definition) is 3. The van der Waals surface area contributed by atoms with E-state index in [4.69, 9.17) is 5.11 Å². The third kappa shape index (κ3) is 2.83. The molecule has 1 aliphatic carbocycles. The Hall–Kier alpha value is -1.43. The summed E-state index contributed by atoms with van der Waals surface area (Å²) in [5.74, 6) is -1.90. The van der Waals surface area contributed by atoms with Crippen molar-refractivity contribution in [3.05, 3.63) is 0 Å². The molecule has 0 bridgehead atoms. The van der Waals surface area contributed by atoms with Gasteiger partial charge in [-0.25, -0.2) is 0 Å². The Morgan fingerprint density at radius 3 is 2.54 bits per heavy atom. The van der Waals surface area contributed by atoms with Gasteiger partial charge in [-0.3, -0.25) is 14.4 Å². The van der Waals surface area contributed by atoms with Crippen LogP contribution in [0.25, 0.3) is 0 Å². The van der Waals surface area contributed by atoms with Crippen LogP contribution in [0.1, 0.15) is 12.8 Å². The van der Waals surface area contributed by atoms with Crippen LogP contribution in [0.3, 0.4) is 0 Å². The number of carbonyl (C=O) groups excluding carboxylic acids is 3. The third-order valence-corrected chi connectivity index (χ3v) is 1.61. The zero-order valence-corrected chi connectivity index (χ0v) is 6.82. The van der Waals surface area contributed by atoms with E-state index in [-0.39, 0.29) is 12.5 Å². The zero-order valence-electron chi connectivity index (χ0n) is 6.82. The quantitative estimate of drug-likeness (QED) is 0.260. The Morgan fingerprint density at radius 1 is 1.46 bits per heavy atom. The van der Waals surface area contributed by atoms with Crippen molar-refractivity contribution in [2.24, 2.45) is 0 Å². The Kier molecular flexibility index (Phi) is 2.97. The molecule has 1 fully saturated rings. The summed E-state index contributed by atoms with van der Waals surface area (Å²) in [7, 11) is 0. The van der Waals surface area contributed by atoms with Gasteiger partial charge in [0.25, 0.3) is 11.7 Å². The van der Waals surface area contributed by atoms with E-state index in [0.717, 1.165) is 12.8 Å². The highest BCUT2D eigenvalue weighted by molar-refractivity contribution is 6.37. The Balaban J connectivity index is 2.35. The first-order valence-electron chi connectivity index (χ1n) is 3.87. The fraction of sp³-hybridized carbons (Fsp3) is 0.571. The van der Waals surface area contributed by atoms with Gasteiger partial charge in [0.1, 0.15) is 0 Å². The number of Topliss-reactive ketones (excluding diaryl/α,β-unsaturated/α-hetero) is 1. The third-order valence-electron chi connectivity index (χ3n) is 1.61. The molecule has 0 radical (unpaired) electrons. The van der Waals surface area contributed by atoms with E-state index in [1.54, 1.807) is 5.32 Å². The lowest BCUT2D eigenvalue weighted by atomic mass is 10.3. The van der Waals surface area contributed by atoms with Crippen molar-refractivity contribution in [3.63, 3.8) is 0 Å². The summed E-state index contributed by atoms with van der Waals surface area (Å²) < 4.78 is 0. The van der Waals surface area contributed by atoms with Gasteiger partial charge >= 0.3 is 0 Å². The van der Waals surface area contributed by atoms with Gasteiger partial charge in [-0.2, -0.15) is 0 Å². The molecule has 1 unspecified atom stereocenters. The molecular formula is C7H10N2O4. The number of aliphatic hydroxyl groups is 1. The zero-order chi connectivity index (χ0) is 9.84. The molecule has 72 valence electrons. The lowest BCUT2D eigenvalue weighted by molar-refractivity contribution is -0.144. The summed E-state index contributed by atoms with van der Waals surface area (Å²) in [4.78, 5) is 31.7. The van der Waals surface area contributed by atoms with Gasteiger partial charge in [0.05, 0.1) is 0 Å². The van der Waals surface area contributed by atoms with Gasteiger partial charge in [-0.15, -0.1) is 0 Å². The maximum Gasteiger partial charge on any atom is 0.292 e. The van der Waals surface area contributed by atoms with E-state index >= 15 is 0 Å². The molecule has 0 saturated heterocycles. The van der Waals surface area contributed by atoms with Crippen molar-refractivity contribution < 1.29 is 19.5 Å². The van der Waals surface area contributed by atoms with E-state index in [0.29, 0.717) is 0 Å². The average molecular weight is 186 g/mol. The first-order valence-corrected chi connectivity index (χ1v) is 3.87. The number of aliphatic hydroxyl groups excluding tert-OH is 1. The van der Waals surface area contributed by atoms with Gasteiger partial charge in [0.2, 0.25) is 6.41 Å². The normalized spacial score (nSPS) is 17.3. The van der Waals surface area contributed by atoms with Crippen LogP contribution in [0.2, 0.25) is 0 Å². The molecule has 0 aromatic heterocycles. The van der Waals surface area contributed by atoms with E-state index in [1.165, 1.54) is 0 Å². The topological polar surface area (TPSA) is 95.5 Å². The summed E-state index contributed by atoms with van der Waals surface area (Å²) in [6.07, 6.45) is 0.135. The van der Waals surface area contributed by atoms with Crippen molar-refractivity contribution in [2.75, 3.05) is 0 Å². The van der Waals surface area contributed by atoms with Crippen LogP contribution >= 0.6 is 0 Å². The molecule has 1 atom stereocenters. The first-order chi connectivity index (χ1) is 6.15. The largest absolute Gasteiger partial charge is 0.367 e. The van der Waals surface area contributed by atoms with Crippen molar-refractivity contribution >= 4 is 18.1 Å². The van der Waals surface area contributed by atoms with Crippen LogP contribution in [0.15, 0.2) is 0 Å². The summed E-state index contributed by atoms with van der Waals surface area (Å²) >= 11 is 0. The lowest BCUT2D eigenvalue weighted by Gasteiger charge is -2.07. The second kappa shape index (κ2) is 3.99. The summed E-state index contributed by atoms with van der Waals surface area (Å²) in [6, 6.07) is 0.0554.